The van der Waals surface area contributed by atoms with E-state index in [4.69, 9.17) is 5.73 Å². The normalized spacial score (nSPS) is 11.4. The van der Waals surface area contributed by atoms with Gasteiger partial charge in [-0.15, -0.1) is 0 Å². The fraction of sp³-hybridized carbons (Fsp3) is 0.222. The highest BCUT2D eigenvalue weighted by atomic mass is 32.2. The van der Waals surface area contributed by atoms with Crippen molar-refractivity contribution in [1.82, 2.24) is 4.72 Å². The van der Waals surface area contributed by atoms with Crippen LogP contribution in [0.15, 0.2) is 34.2 Å². The van der Waals surface area contributed by atoms with E-state index in [0.717, 1.165) is 4.90 Å². The number of nitrogens with one attached hydrogen (secondary N) is 1. The van der Waals surface area contributed by atoms with Gasteiger partial charge in [0.15, 0.2) is 5.96 Å². The monoisotopic (exact) mass is 195 g/mol. The Morgan fingerprint density at radius 2 is 2.00 bits per heavy atom. The zero-order valence-corrected chi connectivity index (χ0v) is 8.56. The lowest BCUT2D eigenvalue weighted by atomic mass is 10.2. The molecule has 0 amide bonds. The van der Waals surface area contributed by atoms with Crippen molar-refractivity contribution in [2.75, 3.05) is 7.05 Å². The van der Waals surface area contributed by atoms with E-state index < -0.39 is 0 Å². The summed E-state index contributed by atoms with van der Waals surface area (Å²) in [4.78, 5) is 4.91. The predicted molar refractivity (Wildman–Crippen MR) is 57.7 cm³/mol. The number of rotatable bonds is 2. The molecule has 3 nitrogen and oxygen atoms in total. The minimum Gasteiger partial charge on any atom is -0.369 e. The molecule has 1 aromatic carbocycles. The zero-order chi connectivity index (χ0) is 9.68. The lowest BCUT2D eigenvalue weighted by Crippen LogP contribution is -2.25. The molecule has 0 aromatic heterocycles. The SMILES string of the molecule is CN=C(N)NSc1ccc(C)cc1. The van der Waals surface area contributed by atoms with Gasteiger partial charge in [-0.05, 0) is 31.0 Å². The Bertz CT molecular complexity index is 292. The second-order valence-corrected chi connectivity index (χ2v) is 3.51. The molecule has 0 unspecified atom stereocenters. The number of aliphatic imine (C=N–C) groups is 1. The summed E-state index contributed by atoms with van der Waals surface area (Å²) in [7, 11) is 1.65. The Balaban J connectivity index is 2.51. The second-order valence-electron chi connectivity index (χ2n) is 2.63. The van der Waals surface area contributed by atoms with Crippen LogP contribution >= 0.6 is 11.9 Å². The van der Waals surface area contributed by atoms with Crippen molar-refractivity contribution < 1.29 is 0 Å². The lowest BCUT2D eigenvalue weighted by molar-refractivity contribution is 1.29. The van der Waals surface area contributed by atoms with Crippen molar-refractivity contribution in [3.05, 3.63) is 29.8 Å². The summed E-state index contributed by atoms with van der Waals surface area (Å²) in [5, 5.41) is 0. The average molecular weight is 195 g/mol. The summed E-state index contributed by atoms with van der Waals surface area (Å²) in [6.45, 7) is 2.06. The van der Waals surface area contributed by atoms with E-state index in [0.29, 0.717) is 5.96 Å². The minimum atomic E-state index is 0.436. The zero-order valence-electron chi connectivity index (χ0n) is 7.74. The maximum atomic E-state index is 5.47. The molecule has 13 heavy (non-hydrogen) atoms. The van der Waals surface area contributed by atoms with E-state index in [1.165, 1.54) is 17.5 Å². The summed E-state index contributed by atoms with van der Waals surface area (Å²) < 4.78 is 2.91. The molecule has 0 heterocycles. The minimum absolute atomic E-state index is 0.436. The highest BCUT2D eigenvalue weighted by Gasteiger charge is 1.93. The molecule has 0 bridgehead atoms. The molecule has 0 aliphatic heterocycles. The summed E-state index contributed by atoms with van der Waals surface area (Å²) in [5.41, 5.74) is 6.72. The van der Waals surface area contributed by atoms with Gasteiger partial charge in [0.05, 0.1) is 0 Å². The molecule has 0 spiro atoms. The molecule has 0 aliphatic carbocycles. The van der Waals surface area contributed by atoms with Crippen LogP contribution in [0.4, 0.5) is 0 Å². The van der Waals surface area contributed by atoms with E-state index in [2.05, 4.69) is 28.8 Å². The van der Waals surface area contributed by atoms with Crippen LogP contribution in [0.3, 0.4) is 0 Å². The van der Waals surface area contributed by atoms with E-state index in [-0.39, 0.29) is 0 Å². The Kier molecular flexibility index (Phi) is 3.64. The van der Waals surface area contributed by atoms with Crippen LogP contribution < -0.4 is 10.5 Å². The van der Waals surface area contributed by atoms with Gasteiger partial charge >= 0.3 is 0 Å². The molecule has 70 valence electrons. The van der Waals surface area contributed by atoms with Crippen LogP contribution in [0, 0.1) is 6.92 Å². The molecule has 3 N–H and O–H groups in total. The van der Waals surface area contributed by atoms with Crippen molar-refractivity contribution in [2.24, 2.45) is 10.7 Å². The first kappa shape index (κ1) is 9.92. The lowest BCUT2D eigenvalue weighted by Gasteiger charge is -2.03. The third-order valence-electron chi connectivity index (χ3n) is 1.54. The third-order valence-corrected chi connectivity index (χ3v) is 2.35. The standard InChI is InChI=1S/C9H13N3S/c1-7-3-5-8(6-4-7)13-12-9(10)11-2/h3-6H,1-2H3,(H3,10,11,12). The third kappa shape index (κ3) is 3.38. The number of hydrogen-bond donors (Lipinski definition) is 2. The summed E-state index contributed by atoms with van der Waals surface area (Å²) in [6, 6.07) is 8.19. The Hall–Kier alpha value is -1.16. The molecule has 0 atom stereocenters. The van der Waals surface area contributed by atoms with Crippen molar-refractivity contribution in [1.29, 1.82) is 0 Å². The predicted octanol–water partition coefficient (Wildman–Crippen LogP) is 1.54. The Morgan fingerprint density at radius 1 is 1.38 bits per heavy atom. The van der Waals surface area contributed by atoms with Crippen LogP contribution in [0.25, 0.3) is 0 Å². The van der Waals surface area contributed by atoms with E-state index in [1.807, 2.05) is 12.1 Å². The van der Waals surface area contributed by atoms with Gasteiger partial charge in [0.2, 0.25) is 0 Å². The molecule has 0 saturated carbocycles. The van der Waals surface area contributed by atoms with Crippen LogP contribution in [-0.2, 0) is 0 Å². The first-order valence-electron chi connectivity index (χ1n) is 3.94. The van der Waals surface area contributed by atoms with Crippen LogP contribution in [0.2, 0.25) is 0 Å². The number of hydrogen-bond acceptors (Lipinski definition) is 2. The number of nitrogens with two attached hydrogens (primary N) is 1. The van der Waals surface area contributed by atoms with Gasteiger partial charge in [-0.2, -0.15) is 0 Å². The van der Waals surface area contributed by atoms with Gasteiger partial charge < -0.3 is 5.73 Å². The number of guanidine groups is 1. The van der Waals surface area contributed by atoms with E-state index in [9.17, 15) is 0 Å². The molecule has 1 rings (SSSR count). The van der Waals surface area contributed by atoms with Crippen LogP contribution in [0.1, 0.15) is 5.56 Å². The van der Waals surface area contributed by atoms with E-state index in [1.54, 1.807) is 7.05 Å². The molecular formula is C9H13N3S. The molecule has 0 fully saturated rings. The van der Waals surface area contributed by atoms with Gasteiger partial charge in [-0.3, -0.25) is 9.71 Å². The van der Waals surface area contributed by atoms with Gasteiger partial charge in [0.25, 0.3) is 0 Å². The largest absolute Gasteiger partial charge is 0.369 e. The Morgan fingerprint density at radius 3 is 2.54 bits per heavy atom. The van der Waals surface area contributed by atoms with E-state index >= 15 is 0 Å². The molecule has 1 aromatic rings. The maximum Gasteiger partial charge on any atom is 0.198 e. The quantitative estimate of drug-likeness (QED) is 0.427. The smallest absolute Gasteiger partial charge is 0.198 e. The maximum absolute atomic E-state index is 5.47. The van der Waals surface area contributed by atoms with Crippen molar-refractivity contribution in [3.63, 3.8) is 0 Å². The first-order chi connectivity index (χ1) is 6.22. The fourth-order valence-corrected chi connectivity index (χ4v) is 1.35. The van der Waals surface area contributed by atoms with Gasteiger partial charge in [0.1, 0.15) is 0 Å². The number of benzene rings is 1. The van der Waals surface area contributed by atoms with Gasteiger partial charge in [0, 0.05) is 11.9 Å². The fourth-order valence-electron chi connectivity index (χ4n) is 0.763. The van der Waals surface area contributed by atoms with Crippen molar-refractivity contribution >= 4 is 17.9 Å². The molecular weight excluding hydrogens is 182 g/mol. The van der Waals surface area contributed by atoms with Crippen molar-refractivity contribution in [2.45, 2.75) is 11.8 Å². The highest BCUT2D eigenvalue weighted by molar-refractivity contribution is 7.98. The Labute approximate surface area is 82.6 Å². The summed E-state index contributed by atoms with van der Waals surface area (Å²) >= 11 is 1.46. The van der Waals surface area contributed by atoms with Crippen molar-refractivity contribution in [3.8, 4) is 0 Å². The summed E-state index contributed by atoms with van der Waals surface area (Å²) in [6.07, 6.45) is 0. The van der Waals surface area contributed by atoms with Gasteiger partial charge in [-0.1, -0.05) is 17.7 Å². The van der Waals surface area contributed by atoms with Gasteiger partial charge in [-0.25, -0.2) is 0 Å². The summed E-state index contributed by atoms with van der Waals surface area (Å²) in [5.74, 6) is 0.436. The molecule has 4 heteroatoms. The molecule has 0 aliphatic rings. The highest BCUT2D eigenvalue weighted by Crippen LogP contribution is 2.14. The second kappa shape index (κ2) is 4.77. The number of aryl methyl sites for hydroxylation is 1. The average Bonchev–Trinajstić information content (AvgIpc) is 2.16. The molecule has 0 saturated heterocycles. The first-order valence-corrected chi connectivity index (χ1v) is 4.76. The van der Waals surface area contributed by atoms with Crippen LogP contribution in [-0.4, -0.2) is 13.0 Å². The molecule has 0 radical (unpaired) electrons. The topological polar surface area (TPSA) is 50.4 Å². The number of nitrogens with zero attached hydrogens (tertiary/aromatic N) is 1. The van der Waals surface area contributed by atoms with Crippen LogP contribution in [0.5, 0.6) is 0 Å².